The SMILES string of the molecule is CC(CC(=O)OC(C)(C)C)C(=O)N1C(=O)OCC1C(C)C. The van der Waals surface area contributed by atoms with Crippen molar-refractivity contribution in [2.75, 3.05) is 6.61 Å². The van der Waals surface area contributed by atoms with E-state index in [0.29, 0.717) is 0 Å². The molecule has 1 rings (SSSR count). The first-order chi connectivity index (χ1) is 9.53. The number of hydrogen-bond donors (Lipinski definition) is 0. The Bertz CT molecular complexity index is 424. The summed E-state index contributed by atoms with van der Waals surface area (Å²) < 4.78 is 10.1. The Kier molecular flexibility index (Phi) is 5.36. The highest BCUT2D eigenvalue weighted by atomic mass is 16.6. The number of carbonyl (C=O) groups is 3. The number of carbonyl (C=O) groups excluding carboxylic acids is 3. The second-order valence-corrected chi connectivity index (χ2v) is 6.79. The summed E-state index contributed by atoms with van der Waals surface area (Å²) in [5.74, 6) is -1.35. The lowest BCUT2D eigenvalue weighted by molar-refractivity contribution is -0.158. The Hall–Kier alpha value is -1.59. The van der Waals surface area contributed by atoms with Gasteiger partial charge in [0.25, 0.3) is 0 Å². The van der Waals surface area contributed by atoms with Gasteiger partial charge in [0.2, 0.25) is 5.91 Å². The van der Waals surface area contributed by atoms with E-state index in [1.165, 1.54) is 0 Å². The van der Waals surface area contributed by atoms with E-state index in [9.17, 15) is 14.4 Å². The first-order valence-corrected chi connectivity index (χ1v) is 7.24. The minimum Gasteiger partial charge on any atom is -0.460 e. The number of ether oxygens (including phenoxy) is 2. The molecular weight excluding hydrogens is 274 g/mol. The van der Waals surface area contributed by atoms with Gasteiger partial charge in [-0.05, 0) is 26.7 Å². The van der Waals surface area contributed by atoms with Crippen LogP contribution in [-0.2, 0) is 19.1 Å². The third kappa shape index (κ3) is 4.72. The smallest absolute Gasteiger partial charge is 0.416 e. The van der Waals surface area contributed by atoms with Crippen molar-refractivity contribution >= 4 is 18.0 Å². The molecule has 6 heteroatoms. The Morgan fingerprint density at radius 3 is 2.38 bits per heavy atom. The lowest BCUT2D eigenvalue weighted by atomic mass is 10.0. The fourth-order valence-corrected chi connectivity index (χ4v) is 2.14. The zero-order valence-electron chi connectivity index (χ0n) is 13.6. The van der Waals surface area contributed by atoms with Crippen LogP contribution in [0.2, 0.25) is 0 Å². The lowest BCUT2D eigenvalue weighted by Crippen LogP contribution is -2.44. The monoisotopic (exact) mass is 299 g/mol. The van der Waals surface area contributed by atoms with Crippen LogP contribution in [-0.4, -0.2) is 41.1 Å². The van der Waals surface area contributed by atoms with E-state index < -0.39 is 23.6 Å². The molecule has 2 atom stereocenters. The molecule has 120 valence electrons. The Morgan fingerprint density at radius 2 is 1.90 bits per heavy atom. The van der Waals surface area contributed by atoms with Gasteiger partial charge in [0, 0.05) is 5.92 Å². The number of amides is 2. The molecule has 1 heterocycles. The third-order valence-corrected chi connectivity index (χ3v) is 3.23. The van der Waals surface area contributed by atoms with Gasteiger partial charge in [0.1, 0.15) is 12.2 Å². The maximum absolute atomic E-state index is 12.4. The van der Waals surface area contributed by atoms with E-state index in [1.807, 2.05) is 13.8 Å². The molecule has 0 N–H and O–H groups in total. The molecule has 0 bridgehead atoms. The summed E-state index contributed by atoms with van der Waals surface area (Å²) in [7, 11) is 0. The molecule has 0 spiro atoms. The van der Waals surface area contributed by atoms with Crippen molar-refractivity contribution in [3.8, 4) is 0 Å². The number of nitrogens with zero attached hydrogens (tertiary/aromatic N) is 1. The van der Waals surface area contributed by atoms with Gasteiger partial charge < -0.3 is 9.47 Å². The Labute approximate surface area is 125 Å². The highest BCUT2D eigenvalue weighted by molar-refractivity contribution is 5.96. The van der Waals surface area contributed by atoms with Gasteiger partial charge >= 0.3 is 12.1 Å². The van der Waals surface area contributed by atoms with E-state index >= 15 is 0 Å². The molecule has 0 aliphatic carbocycles. The Morgan fingerprint density at radius 1 is 1.33 bits per heavy atom. The van der Waals surface area contributed by atoms with Crippen LogP contribution in [0.25, 0.3) is 0 Å². The van der Waals surface area contributed by atoms with Crippen molar-refractivity contribution in [2.24, 2.45) is 11.8 Å². The van der Waals surface area contributed by atoms with Crippen LogP contribution >= 0.6 is 0 Å². The Balaban J connectivity index is 2.69. The molecule has 1 aliphatic heterocycles. The molecule has 0 radical (unpaired) electrons. The van der Waals surface area contributed by atoms with E-state index in [-0.39, 0.29) is 30.9 Å². The average Bonchev–Trinajstić information content (AvgIpc) is 2.67. The first kappa shape index (κ1) is 17.5. The van der Waals surface area contributed by atoms with Crippen LogP contribution in [0, 0.1) is 11.8 Å². The number of cyclic esters (lactones) is 1. The predicted molar refractivity (Wildman–Crippen MR) is 76.4 cm³/mol. The molecule has 0 aromatic rings. The third-order valence-electron chi connectivity index (χ3n) is 3.23. The van der Waals surface area contributed by atoms with Crippen molar-refractivity contribution in [1.82, 2.24) is 4.90 Å². The molecule has 1 aliphatic rings. The maximum atomic E-state index is 12.4. The van der Waals surface area contributed by atoms with Crippen molar-refractivity contribution < 1.29 is 23.9 Å². The molecule has 2 amide bonds. The zero-order valence-corrected chi connectivity index (χ0v) is 13.6. The van der Waals surface area contributed by atoms with E-state index in [2.05, 4.69) is 0 Å². The summed E-state index contributed by atoms with van der Waals surface area (Å²) in [4.78, 5) is 37.0. The minimum absolute atomic E-state index is 0.0509. The quantitative estimate of drug-likeness (QED) is 0.745. The average molecular weight is 299 g/mol. The van der Waals surface area contributed by atoms with Crippen molar-refractivity contribution in [3.63, 3.8) is 0 Å². The maximum Gasteiger partial charge on any atom is 0.416 e. The highest BCUT2D eigenvalue weighted by Crippen LogP contribution is 2.23. The van der Waals surface area contributed by atoms with Gasteiger partial charge in [-0.25, -0.2) is 9.69 Å². The van der Waals surface area contributed by atoms with Crippen LogP contribution in [0.1, 0.15) is 48.0 Å². The summed E-state index contributed by atoms with van der Waals surface area (Å²) in [5.41, 5.74) is -0.590. The van der Waals surface area contributed by atoms with E-state index in [1.54, 1.807) is 27.7 Å². The number of imide groups is 1. The normalized spacial score (nSPS) is 20.4. The molecule has 21 heavy (non-hydrogen) atoms. The summed E-state index contributed by atoms with van der Waals surface area (Å²) in [6.07, 6.45) is -0.681. The predicted octanol–water partition coefficient (Wildman–Crippen LogP) is 2.36. The first-order valence-electron chi connectivity index (χ1n) is 7.24. The fourth-order valence-electron chi connectivity index (χ4n) is 2.14. The van der Waals surface area contributed by atoms with Gasteiger partial charge in [-0.15, -0.1) is 0 Å². The molecule has 6 nitrogen and oxygen atoms in total. The summed E-state index contributed by atoms with van der Waals surface area (Å²) in [6.45, 7) is 11.0. The van der Waals surface area contributed by atoms with Crippen molar-refractivity contribution in [3.05, 3.63) is 0 Å². The second-order valence-electron chi connectivity index (χ2n) is 6.79. The van der Waals surface area contributed by atoms with Crippen LogP contribution in [0.3, 0.4) is 0 Å². The molecule has 0 aromatic carbocycles. The van der Waals surface area contributed by atoms with Gasteiger partial charge in [-0.3, -0.25) is 9.59 Å². The van der Waals surface area contributed by atoms with Gasteiger partial charge in [0.15, 0.2) is 0 Å². The largest absolute Gasteiger partial charge is 0.460 e. The number of esters is 1. The van der Waals surface area contributed by atoms with Gasteiger partial charge in [-0.1, -0.05) is 20.8 Å². The summed E-state index contributed by atoms with van der Waals surface area (Å²) >= 11 is 0. The lowest BCUT2D eigenvalue weighted by Gasteiger charge is -2.26. The van der Waals surface area contributed by atoms with Crippen LogP contribution in [0.4, 0.5) is 4.79 Å². The molecule has 1 saturated heterocycles. The fraction of sp³-hybridized carbons (Fsp3) is 0.800. The topological polar surface area (TPSA) is 72.9 Å². The molecule has 0 saturated carbocycles. The molecule has 0 aromatic heterocycles. The van der Waals surface area contributed by atoms with Crippen LogP contribution < -0.4 is 0 Å². The second kappa shape index (κ2) is 6.45. The summed E-state index contributed by atoms with van der Waals surface area (Å²) in [6, 6.07) is -0.272. The molecular formula is C15H25NO5. The van der Waals surface area contributed by atoms with Crippen LogP contribution in [0.15, 0.2) is 0 Å². The highest BCUT2D eigenvalue weighted by Gasteiger charge is 2.41. The van der Waals surface area contributed by atoms with E-state index in [4.69, 9.17) is 9.47 Å². The minimum atomic E-state index is -0.630. The zero-order chi connectivity index (χ0) is 16.4. The number of hydrogen-bond acceptors (Lipinski definition) is 5. The standard InChI is InChI=1S/C15H25NO5/c1-9(2)11-8-20-14(19)16(11)13(18)10(3)7-12(17)21-15(4,5)6/h9-11H,7-8H2,1-6H3. The molecule has 2 unspecified atom stereocenters. The van der Waals surface area contributed by atoms with E-state index in [0.717, 1.165) is 4.90 Å². The summed E-state index contributed by atoms with van der Waals surface area (Å²) in [5, 5.41) is 0. The van der Waals surface area contributed by atoms with Crippen molar-refractivity contribution in [1.29, 1.82) is 0 Å². The van der Waals surface area contributed by atoms with Crippen molar-refractivity contribution in [2.45, 2.75) is 59.6 Å². The number of rotatable bonds is 4. The van der Waals surface area contributed by atoms with Crippen LogP contribution in [0.5, 0.6) is 0 Å². The van der Waals surface area contributed by atoms with Gasteiger partial charge in [-0.2, -0.15) is 0 Å². The molecule has 1 fully saturated rings. The van der Waals surface area contributed by atoms with Gasteiger partial charge in [0.05, 0.1) is 12.5 Å².